The number of hydrogen-bond acceptors (Lipinski definition) is 6. The Kier molecular flexibility index (Phi) is 6.50. The first-order chi connectivity index (χ1) is 15.3. The molecule has 3 heterocycles. The summed E-state index contributed by atoms with van der Waals surface area (Å²) >= 11 is 17.8. The Morgan fingerprint density at radius 2 is 1.91 bits per heavy atom. The molecule has 0 spiro atoms. The van der Waals surface area contributed by atoms with Crippen LogP contribution in [0, 0.1) is 6.92 Å². The Balaban J connectivity index is 1.52. The summed E-state index contributed by atoms with van der Waals surface area (Å²) in [6.45, 7) is 1.42. The molecule has 0 saturated heterocycles. The van der Waals surface area contributed by atoms with Gasteiger partial charge in [0.1, 0.15) is 11.8 Å². The predicted molar refractivity (Wildman–Crippen MR) is 120 cm³/mol. The quantitative estimate of drug-likeness (QED) is 0.440. The molecule has 1 aromatic carbocycles. The third-order valence-electron chi connectivity index (χ3n) is 4.86. The largest absolute Gasteiger partial charge is 0.467 e. The van der Waals surface area contributed by atoms with E-state index in [-0.39, 0.29) is 20.8 Å². The van der Waals surface area contributed by atoms with Crippen LogP contribution in [0.15, 0.2) is 58.4 Å². The molecule has 0 fully saturated rings. The van der Waals surface area contributed by atoms with E-state index in [4.69, 9.17) is 44.0 Å². The van der Waals surface area contributed by atoms with E-state index in [2.05, 4.69) is 10.1 Å². The van der Waals surface area contributed by atoms with Crippen molar-refractivity contribution in [3.63, 3.8) is 0 Å². The fraction of sp³-hybridized carbons (Fsp3) is 0.182. The van der Waals surface area contributed by atoms with Gasteiger partial charge in [-0.3, -0.25) is 4.79 Å². The first kappa shape index (κ1) is 22.3. The molecule has 164 valence electrons. The average molecular weight is 493 g/mol. The Labute approximate surface area is 198 Å². The molecule has 3 aromatic rings. The van der Waals surface area contributed by atoms with E-state index < -0.39 is 24.5 Å². The van der Waals surface area contributed by atoms with Gasteiger partial charge < -0.3 is 9.15 Å². The number of amides is 1. The molecule has 0 radical (unpaired) electrons. The number of aromatic nitrogens is 1. The molecule has 1 unspecified atom stereocenters. The standard InChI is InChI=1S/C22H16Cl3N3O4/c1-12-4-6-13(7-5-12)15-9-16(17-3-2-8-31-17)28(27-15)18(29)11-32-22(30)21-20(25)19(24)14(23)10-26-21/h2-8,10,16H,9,11H2,1H3. The van der Waals surface area contributed by atoms with Gasteiger partial charge in [-0.25, -0.2) is 14.8 Å². The van der Waals surface area contributed by atoms with Crippen LogP contribution in [0.25, 0.3) is 0 Å². The lowest BCUT2D eigenvalue weighted by atomic mass is 10.0. The molecule has 1 aliphatic heterocycles. The van der Waals surface area contributed by atoms with Crippen LogP contribution in [0.5, 0.6) is 0 Å². The number of rotatable bonds is 5. The highest BCUT2D eigenvalue weighted by molar-refractivity contribution is 6.48. The van der Waals surface area contributed by atoms with Crippen molar-refractivity contribution in [2.75, 3.05) is 6.61 Å². The Bertz CT molecular complexity index is 1190. The lowest BCUT2D eigenvalue weighted by molar-refractivity contribution is -0.136. The molecule has 0 aliphatic carbocycles. The molecule has 1 aliphatic rings. The first-order valence-corrected chi connectivity index (χ1v) is 10.6. The van der Waals surface area contributed by atoms with Gasteiger partial charge in [0.25, 0.3) is 5.91 Å². The Morgan fingerprint density at radius 1 is 1.16 bits per heavy atom. The van der Waals surface area contributed by atoms with Crippen LogP contribution in [0.2, 0.25) is 15.1 Å². The second-order valence-corrected chi connectivity index (χ2v) is 8.21. The molecule has 0 bridgehead atoms. The number of pyridine rings is 1. The van der Waals surface area contributed by atoms with E-state index in [0.717, 1.165) is 16.8 Å². The van der Waals surface area contributed by atoms with Crippen LogP contribution in [0.3, 0.4) is 0 Å². The van der Waals surface area contributed by atoms with Crippen LogP contribution >= 0.6 is 34.8 Å². The summed E-state index contributed by atoms with van der Waals surface area (Å²) in [7, 11) is 0. The highest BCUT2D eigenvalue weighted by Gasteiger charge is 2.35. The number of hydrazone groups is 1. The zero-order chi connectivity index (χ0) is 22.8. The smallest absolute Gasteiger partial charge is 0.359 e. The normalized spacial score (nSPS) is 15.6. The van der Waals surface area contributed by atoms with E-state index in [9.17, 15) is 9.59 Å². The number of carbonyl (C=O) groups excluding carboxylic acids is 2. The number of nitrogens with zero attached hydrogens (tertiary/aromatic N) is 3. The maximum atomic E-state index is 12.9. The summed E-state index contributed by atoms with van der Waals surface area (Å²) in [6, 6.07) is 10.9. The van der Waals surface area contributed by atoms with Crippen LogP contribution in [-0.4, -0.2) is 34.2 Å². The zero-order valence-corrected chi connectivity index (χ0v) is 19.0. The van der Waals surface area contributed by atoms with Crippen LogP contribution in [-0.2, 0) is 9.53 Å². The summed E-state index contributed by atoms with van der Waals surface area (Å²) in [5, 5.41) is 5.69. The zero-order valence-electron chi connectivity index (χ0n) is 16.7. The van der Waals surface area contributed by atoms with Crippen LogP contribution in [0.1, 0.15) is 39.8 Å². The van der Waals surface area contributed by atoms with Gasteiger partial charge >= 0.3 is 5.97 Å². The topological polar surface area (TPSA) is 85.0 Å². The van der Waals surface area contributed by atoms with Crippen molar-refractivity contribution in [2.24, 2.45) is 5.10 Å². The van der Waals surface area contributed by atoms with Gasteiger partial charge in [-0.1, -0.05) is 64.6 Å². The van der Waals surface area contributed by atoms with Crippen molar-refractivity contribution in [1.29, 1.82) is 0 Å². The van der Waals surface area contributed by atoms with E-state index in [1.54, 1.807) is 12.1 Å². The summed E-state index contributed by atoms with van der Waals surface area (Å²) in [5.74, 6) is -0.860. The Hall–Kier alpha value is -2.87. The van der Waals surface area contributed by atoms with E-state index in [0.29, 0.717) is 12.2 Å². The molecular formula is C22H16Cl3N3O4. The molecule has 1 atom stereocenters. The van der Waals surface area contributed by atoms with Crippen molar-refractivity contribution < 1.29 is 18.7 Å². The van der Waals surface area contributed by atoms with E-state index in [1.165, 1.54) is 17.5 Å². The van der Waals surface area contributed by atoms with Crippen molar-refractivity contribution >= 4 is 52.4 Å². The Morgan fingerprint density at radius 3 is 2.59 bits per heavy atom. The summed E-state index contributed by atoms with van der Waals surface area (Å²) in [4.78, 5) is 29.1. The second kappa shape index (κ2) is 9.32. The second-order valence-electron chi connectivity index (χ2n) is 7.05. The first-order valence-electron chi connectivity index (χ1n) is 9.51. The van der Waals surface area contributed by atoms with Gasteiger partial charge in [-0.05, 0) is 24.6 Å². The SMILES string of the molecule is Cc1ccc(C2=NN(C(=O)COC(=O)c3ncc(Cl)c(Cl)c3Cl)C(c3ccco3)C2)cc1. The monoisotopic (exact) mass is 491 g/mol. The maximum Gasteiger partial charge on any atom is 0.359 e. The third-order valence-corrected chi connectivity index (χ3v) is 6.10. The predicted octanol–water partition coefficient (Wildman–Crippen LogP) is 5.48. The number of benzene rings is 1. The van der Waals surface area contributed by atoms with E-state index in [1.807, 2.05) is 31.2 Å². The molecular weight excluding hydrogens is 477 g/mol. The highest BCUT2D eigenvalue weighted by atomic mass is 35.5. The average Bonchev–Trinajstić information content (AvgIpc) is 3.46. The van der Waals surface area contributed by atoms with Crippen molar-refractivity contribution in [3.8, 4) is 0 Å². The number of carbonyl (C=O) groups is 2. The summed E-state index contributed by atoms with van der Waals surface area (Å²) < 4.78 is 10.6. The lowest BCUT2D eigenvalue weighted by Crippen LogP contribution is -2.31. The fourth-order valence-electron chi connectivity index (χ4n) is 3.21. The fourth-order valence-corrected chi connectivity index (χ4v) is 3.77. The summed E-state index contributed by atoms with van der Waals surface area (Å²) in [5.41, 5.74) is 2.50. The minimum atomic E-state index is -0.904. The van der Waals surface area contributed by atoms with Gasteiger partial charge in [0.15, 0.2) is 12.3 Å². The van der Waals surface area contributed by atoms with Gasteiger partial charge in [0, 0.05) is 12.6 Å². The van der Waals surface area contributed by atoms with E-state index >= 15 is 0 Å². The molecule has 1 amide bonds. The van der Waals surface area contributed by atoms with Crippen molar-refractivity contribution in [3.05, 3.63) is 86.5 Å². The summed E-state index contributed by atoms with van der Waals surface area (Å²) in [6.07, 6.45) is 3.16. The minimum absolute atomic E-state index is 0.0219. The van der Waals surface area contributed by atoms with Gasteiger partial charge in [0.2, 0.25) is 0 Å². The van der Waals surface area contributed by atoms with Crippen molar-refractivity contribution in [1.82, 2.24) is 9.99 Å². The van der Waals surface area contributed by atoms with Gasteiger partial charge in [0.05, 0.1) is 27.0 Å². The van der Waals surface area contributed by atoms with Crippen molar-refractivity contribution in [2.45, 2.75) is 19.4 Å². The number of hydrogen-bond donors (Lipinski definition) is 0. The molecule has 10 heteroatoms. The molecule has 32 heavy (non-hydrogen) atoms. The maximum absolute atomic E-state index is 12.9. The molecule has 0 N–H and O–H groups in total. The molecule has 0 saturated carbocycles. The van der Waals surface area contributed by atoms with Gasteiger partial charge in [-0.15, -0.1) is 0 Å². The number of furan rings is 1. The number of aryl methyl sites for hydroxylation is 1. The van der Waals surface area contributed by atoms with Gasteiger partial charge in [-0.2, -0.15) is 5.10 Å². The highest BCUT2D eigenvalue weighted by Crippen LogP contribution is 2.34. The lowest BCUT2D eigenvalue weighted by Gasteiger charge is -2.19. The van der Waals surface area contributed by atoms with Crippen LogP contribution < -0.4 is 0 Å². The number of halogens is 3. The molecule has 7 nitrogen and oxygen atoms in total. The number of esters is 1. The van der Waals surface area contributed by atoms with Crippen LogP contribution in [0.4, 0.5) is 0 Å². The number of ether oxygens (including phenoxy) is 1. The minimum Gasteiger partial charge on any atom is -0.467 e. The third kappa shape index (κ3) is 4.50. The molecule has 4 rings (SSSR count). The molecule has 2 aromatic heterocycles.